The number of hydrogen-bond acceptors (Lipinski definition) is 4. The highest BCUT2D eigenvalue weighted by Crippen LogP contribution is 2.23. The number of amides is 1. The van der Waals surface area contributed by atoms with E-state index in [1.54, 1.807) is 13.3 Å². The number of carbonyl (C=O) groups is 1. The van der Waals surface area contributed by atoms with Crippen molar-refractivity contribution in [3.63, 3.8) is 0 Å². The summed E-state index contributed by atoms with van der Waals surface area (Å²) in [4.78, 5) is 21.3. The van der Waals surface area contributed by atoms with Crippen LogP contribution in [0, 0.1) is 5.92 Å². The topological polar surface area (TPSA) is 64.1 Å². The molecule has 1 atom stereocenters. The van der Waals surface area contributed by atoms with Gasteiger partial charge in [0.05, 0.1) is 24.7 Å². The van der Waals surface area contributed by atoms with Gasteiger partial charge in [-0.1, -0.05) is 27.2 Å². The van der Waals surface area contributed by atoms with Gasteiger partial charge in [0.2, 0.25) is 5.91 Å². The van der Waals surface area contributed by atoms with Crippen LogP contribution in [0.25, 0.3) is 11.3 Å². The minimum absolute atomic E-state index is 0.0126. The number of aromatic nitrogens is 2. The van der Waals surface area contributed by atoms with Gasteiger partial charge in [-0.3, -0.25) is 4.79 Å². The first-order chi connectivity index (χ1) is 11.6. The molecule has 1 N–H and O–H groups in total. The van der Waals surface area contributed by atoms with Gasteiger partial charge < -0.3 is 10.1 Å². The van der Waals surface area contributed by atoms with Crippen molar-refractivity contribution in [3.8, 4) is 17.0 Å². The number of benzene rings is 1. The maximum absolute atomic E-state index is 12.1. The first kappa shape index (κ1) is 17.9. The Balaban J connectivity index is 2.29. The molecule has 1 amide bonds. The number of hydrogen-bond donors (Lipinski definition) is 1. The molecule has 2 rings (SSSR count). The standard InChI is InChI=1S/C19H25N3O2/c1-5-7-16-18(22-19(23)13(3)6-2)20-12-17(21-16)14-8-10-15(24-4)11-9-14/h8-13H,5-7H2,1-4H3,(H,20,22,23). The normalized spacial score (nSPS) is 11.8. The van der Waals surface area contributed by atoms with E-state index < -0.39 is 0 Å². The van der Waals surface area contributed by atoms with E-state index in [2.05, 4.69) is 17.2 Å². The van der Waals surface area contributed by atoms with Crippen molar-refractivity contribution < 1.29 is 9.53 Å². The molecule has 1 heterocycles. The van der Waals surface area contributed by atoms with Gasteiger partial charge in [-0.25, -0.2) is 9.97 Å². The maximum Gasteiger partial charge on any atom is 0.228 e. The van der Waals surface area contributed by atoms with Crippen molar-refractivity contribution >= 4 is 11.7 Å². The second kappa shape index (κ2) is 8.43. The molecule has 128 valence electrons. The second-order valence-electron chi connectivity index (χ2n) is 5.83. The number of ether oxygens (including phenoxy) is 1. The van der Waals surface area contributed by atoms with E-state index in [-0.39, 0.29) is 11.8 Å². The van der Waals surface area contributed by atoms with Crippen LogP contribution in [0.3, 0.4) is 0 Å². The van der Waals surface area contributed by atoms with Crippen LogP contribution in [-0.2, 0) is 11.2 Å². The van der Waals surface area contributed by atoms with Crippen LogP contribution >= 0.6 is 0 Å². The summed E-state index contributed by atoms with van der Waals surface area (Å²) < 4.78 is 5.18. The summed E-state index contributed by atoms with van der Waals surface area (Å²) in [5.41, 5.74) is 2.59. The van der Waals surface area contributed by atoms with Gasteiger partial charge in [0, 0.05) is 11.5 Å². The van der Waals surface area contributed by atoms with Gasteiger partial charge in [-0.05, 0) is 37.1 Å². The van der Waals surface area contributed by atoms with Crippen molar-refractivity contribution in [2.45, 2.75) is 40.0 Å². The van der Waals surface area contributed by atoms with E-state index in [9.17, 15) is 4.79 Å². The Morgan fingerprint density at radius 1 is 1.25 bits per heavy atom. The Kier molecular flexibility index (Phi) is 6.29. The molecule has 0 aliphatic heterocycles. The van der Waals surface area contributed by atoms with Crippen LogP contribution in [0.5, 0.6) is 5.75 Å². The van der Waals surface area contributed by atoms with E-state index in [0.717, 1.165) is 42.0 Å². The molecule has 5 heteroatoms. The highest BCUT2D eigenvalue weighted by molar-refractivity contribution is 5.91. The molecule has 0 fully saturated rings. The average molecular weight is 327 g/mol. The molecule has 0 bridgehead atoms. The first-order valence-electron chi connectivity index (χ1n) is 8.40. The highest BCUT2D eigenvalue weighted by atomic mass is 16.5. The number of methoxy groups -OCH3 is 1. The fraction of sp³-hybridized carbons (Fsp3) is 0.421. The Bertz CT molecular complexity index is 684. The van der Waals surface area contributed by atoms with Crippen LogP contribution < -0.4 is 10.1 Å². The molecular weight excluding hydrogens is 302 g/mol. The van der Waals surface area contributed by atoms with Crippen molar-refractivity contribution in [1.29, 1.82) is 0 Å². The zero-order chi connectivity index (χ0) is 17.5. The van der Waals surface area contributed by atoms with Crippen molar-refractivity contribution in [1.82, 2.24) is 9.97 Å². The zero-order valence-corrected chi connectivity index (χ0v) is 14.8. The van der Waals surface area contributed by atoms with Crippen LogP contribution in [0.1, 0.15) is 39.3 Å². The molecule has 0 saturated carbocycles. The number of nitrogens with zero attached hydrogens (tertiary/aromatic N) is 2. The van der Waals surface area contributed by atoms with E-state index in [1.807, 2.05) is 38.1 Å². The van der Waals surface area contributed by atoms with Gasteiger partial charge in [-0.15, -0.1) is 0 Å². The van der Waals surface area contributed by atoms with E-state index in [0.29, 0.717) is 5.82 Å². The molecule has 0 spiro atoms. The lowest BCUT2D eigenvalue weighted by molar-refractivity contribution is -0.119. The van der Waals surface area contributed by atoms with E-state index in [4.69, 9.17) is 9.72 Å². The summed E-state index contributed by atoms with van der Waals surface area (Å²) in [6.45, 7) is 5.99. The largest absolute Gasteiger partial charge is 0.497 e. The number of aryl methyl sites for hydroxylation is 1. The molecular formula is C19H25N3O2. The van der Waals surface area contributed by atoms with Gasteiger partial charge in [0.25, 0.3) is 0 Å². The van der Waals surface area contributed by atoms with Crippen LogP contribution in [-0.4, -0.2) is 23.0 Å². The Labute approximate surface area is 143 Å². The summed E-state index contributed by atoms with van der Waals surface area (Å²) in [5.74, 6) is 1.32. The lowest BCUT2D eigenvalue weighted by Crippen LogP contribution is -2.21. The number of carbonyl (C=O) groups excluding carboxylic acids is 1. The number of rotatable bonds is 7. The third-order valence-corrected chi connectivity index (χ3v) is 4.02. The van der Waals surface area contributed by atoms with Gasteiger partial charge in [0.1, 0.15) is 5.75 Å². The van der Waals surface area contributed by atoms with E-state index in [1.165, 1.54) is 0 Å². The molecule has 1 aromatic carbocycles. The third kappa shape index (κ3) is 4.31. The Hall–Kier alpha value is -2.43. The molecule has 5 nitrogen and oxygen atoms in total. The van der Waals surface area contributed by atoms with Crippen LogP contribution in [0.4, 0.5) is 5.82 Å². The molecule has 0 aliphatic carbocycles. The molecule has 2 aromatic rings. The van der Waals surface area contributed by atoms with Crippen LogP contribution in [0.2, 0.25) is 0 Å². The van der Waals surface area contributed by atoms with Crippen molar-refractivity contribution in [2.24, 2.45) is 5.92 Å². The summed E-state index contributed by atoms with van der Waals surface area (Å²) in [6.07, 6.45) is 4.21. The Morgan fingerprint density at radius 3 is 2.54 bits per heavy atom. The lowest BCUT2D eigenvalue weighted by Gasteiger charge is -2.13. The van der Waals surface area contributed by atoms with Crippen molar-refractivity contribution in [2.75, 3.05) is 12.4 Å². The van der Waals surface area contributed by atoms with Gasteiger partial charge in [-0.2, -0.15) is 0 Å². The quantitative estimate of drug-likeness (QED) is 0.832. The zero-order valence-electron chi connectivity index (χ0n) is 14.8. The summed E-state index contributed by atoms with van der Waals surface area (Å²) in [6, 6.07) is 7.70. The van der Waals surface area contributed by atoms with E-state index >= 15 is 0 Å². The summed E-state index contributed by atoms with van der Waals surface area (Å²) >= 11 is 0. The fourth-order valence-electron chi connectivity index (χ4n) is 2.27. The molecule has 1 aromatic heterocycles. The van der Waals surface area contributed by atoms with Gasteiger partial charge >= 0.3 is 0 Å². The second-order valence-corrected chi connectivity index (χ2v) is 5.83. The fourth-order valence-corrected chi connectivity index (χ4v) is 2.27. The summed E-state index contributed by atoms with van der Waals surface area (Å²) in [5, 5.41) is 2.91. The molecule has 0 aliphatic rings. The first-order valence-corrected chi connectivity index (χ1v) is 8.40. The predicted octanol–water partition coefficient (Wildman–Crippen LogP) is 4.09. The molecule has 0 radical (unpaired) electrons. The molecule has 0 saturated heterocycles. The number of nitrogens with one attached hydrogen (secondary N) is 1. The average Bonchev–Trinajstić information content (AvgIpc) is 2.62. The monoisotopic (exact) mass is 327 g/mol. The maximum atomic E-state index is 12.1. The predicted molar refractivity (Wildman–Crippen MR) is 96.1 cm³/mol. The summed E-state index contributed by atoms with van der Waals surface area (Å²) in [7, 11) is 1.64. The highest BCUT2D eigenvalue weighted by Gasteiger charge is 2.15. The molecule has 24 heavy (non-hydrogen) atoms. The molecule has 1 unspecified atom stereocenters. The smallest absolute Gasteiger partial charge is 0.228 e. The SMILES string of the molecule is CCCc1nc(-c2ccc(OC)cc2)cnc1NC(=O)C(C)CC. The minimum atomic E-state index is -0.0393. The Morgan fingerprint density at radius 2 is 1.96 bits per heavy atom. The van der Waals surface area contributed by atoms with Crippen LogP contribution in [0.15, 0.2) is 30.5 Å². The lowest BCUT2D eigenvalue weighted by atomic mass is 10.1. The minimum Gasteiger partial charge on any atom is -0.497 e. The third-order valence-electron chi connectivity index (χ3n) is 4.02. The van der Waals surface area contributed by atoms with Crippen molar-refractivity contribution in [3.05, 3.63) is 36.2 Å². The van der Waals surface area contributed by atoms with Gasteiger partial charge in [0.15, 0.2) is 5.82 Å². The number of anilines is 1.